The van der Waals surface area contributed by atoms with Crippen LogP contribution >= 0.6 is 0 Å². The molecule has 4 heterocycles. The van der Waals surface area contributed by atoms with Crippen LogP contribution in [-0.4, -0.2) is 24.1 Å². The molecule has 0 aliphatic rings. The highest BCUT2D eigenvalue weighted by Crippen LogP contribution is 2.43. The van der Waals surface area contributed by atoms with Crippen molar-refractivity contribution in [3.63, 3.8) is 0 Å². The van der Waals surface area contributed by atoms with Crippen LogP contribution in [0, 0.1) is 0 Å². The molecular weight excluding hydrogens is 635 g/mol. The van der Waals surface area contributed by atoms with Crippen molar-refractivity contribution >= 4 is 65.4 Å². The summed E-state index contributed by atoms with van der Waals surface area (Å²) >= 11 is 0. The molecule has 5 nitrogen and oxygen atoms in total. The van der Waals surface area contributed by atoms with Gasteiger partial charge < -0.3 is 4.57 Å². The zero-order valence-corrected chi connectivity index (χ0v) is 28.0. The quantitative estimate of drug-likeness (QED) is 0.188. The Labute approximate surface area is 298 Å². The highest BCUT2D eigenvalue weighted by Gasteiger charge is 2.21. The van der Waals surface area contributed by atoms with E-state index in [1.165, 1.54) is 38.1 Å². The second kappa shape index (κ2) is 11.2. The molecule has 0 aliphatic carbocycles. The van der Waals surface area contributed by atoms with Crippen molar-refractivity contribution in [1.82, 2.24) is 24.1 Å². The lowest BCUT2D eigenvalue weighted by atomic mass is 9.94. The summed E-state index contributed by atoms with van der Waals surface area (Å²) in [5.41, 5.74) is 10.6. The van der Waals surface area contributed by atoms with Gasteiger partial charge in [0.2, 0.25) is 5.95 Å². The lowest BCUT2D eigenvalue weighted by Gasteiger charge is -2.13. The molecule has 242 valence electrons. The molecule has 0 atom stereocenters. The number of hydrogen-bond acceptors (Lipinski definition) is 3. The number of para-hydroxylation sites is 3. The first kappa shape index (κ1) is 28.7. The van der Waals surface area contributed by atoms with Crippen molar-refractivity contribution in [3.8, 4) is 34.0 Å². The van der Waals surface area contributed by atoms with E-state index in [1.54, 1.807) is 6.20 Å². The number of pyridine rings is 1. The minimum absolute atomic E-state index is 0.601. The Balaban J connectivity index is 1.18. The summed E-state index contributed by atoms with van der Waals surface area (Å²) in [7, 11) is 0. The molecule has 0 spiro atoms. The van der Waals surface area contributed by atoms with Crippen LogP contribution in [-0.2, 0) is 0 Å². The summed E-state index contributed by atoms with van der Waals surface area (Å²) in [5, 5.41) is 8.14. The van der Waals surface area contributed by atoms with Gasteiger partial charge in [0.25, 0.3) is 0 Å². The average Bonchev–Trinajstić information content (AvgIpc) is 3.73. The zero-order chi connectivity index (χ0) is 34.2. The predicted octanol–water partition coefficient (Wildman–Crippen LogP) is 11.7. The number of fused-ring (bicyclic) bond motifs is 9. The first-order chi connectivity index (χ1) is 25.8. The second-order valence-electron chi connectivity index (χ2n) is 13.3. The van der Waals surface area contributed by atoms with Crippen molar-refractivity contribution in [2.75, 3.05) is 0 Å². The second-order valence-corrected chi connectivity index (χ2v) is 13.3. The van der Waals surface area contributed by atoms with Crippen LogP contribution in [0.15, 0.2) is 176 Å². The molecule has 11 aromatic rings. The molecule has 0 bridgehead atoms. The topological polar surface area (TPSA) is 48.5 Å². The van der Waals surface area contributed by atoms with Crippen molar-refractivity contribution in [2.45, 2.75) is 0 Å². The molecule has 4 aromatic heterocycles. The molecule has 0 saturated carbocycles. The van der Waals surface area contributed by atoms with Crippen molar-refractivity contribution in [2.24, 2.45) is 0 Å². The third-order valence-electron chi connectivity index (χ3n) is 10.4. The Morgan fingerprint density at radius 3 is 1.79 bits per heavy atom. The van der Waals surface area contributed by atoms with Gasteiger partial charge in [-0.15, -0.1) is 0 Å². The minimum Gasteiger partial charge on any atom is -0.309 e. The third kappa shape index (κ3) is 4.20. The van der Waals surface area contributed by atoms with Gasteiger partial charge in [0.05, 0.1) is 27.8 Å². The highest BCUT2D eigenvalue weighted by molar-refractivity contribution is 6.22. The number of aromatic nitrogens is 5. The van der Waals surface area contributed by atoms with Crippen molar-refractivity contribution < 1.29 is 0 Å². The fourth-order valence-electron chi connectivity index (χ4n) is 8.13. The van der Waals surface area contributed by atoms with E-state index >= 15 is 0 Å². The highest BCUT2D eigenvalue weighted by atomic mass is 15.2. The van der Waals surface area contributed by atoms with Crippen LogP contribution < -0.4 is 0 Å². The Morgan fingerprint density at radius 1 is 0.385 bits per heavy atom. The predicted molar refractivity (Wildman–Crippen MR) is 214 cm³/mol. The zero-order valence-electron chi connectivity index (χ0n) is 28.0. The average molecular weight is 664 g/mol. The molecule has 0 aliphatic heterocycles. The standard InChI is InChI=1S/C47H29N5/c1-3-14-30(15-4-1)44-37-22-13-27-48-46(37)50-47(49-44)52-42-24-12-9-19-34(42)39-28-31(25-26-43(39)52)38-29-40-35-20-10-11-23-41(35)51(32-16-5-2-6-17-32)45(40)36-21-8-7-18-33(36)38/h1-29H. The van der Waals surface area contributed by atoms with Gasteiger partial charge in [-0.1, -0.05) is 115 Å². The smallest absolute Gasteiger partial charge is 0.237 e. The molecule has 0 N–H and O–H groups in total. The fourth-order valence-corrected chi connectivity index (χ4v) is 8.13. The monoisotopic (exact) mass is 663 g/mol. The summed E-state index contributed by atoms with van der Waals surface area (Å²) in [6.07, 6.45) is 1.80. The van der Waals surface area contributed by atoms with E-state index in [2.05, 4.69) is 154 Å². The largest absolute Gasteiger partial charge is 0.309 e. The minimum atomic E-state index is 0.601. The van der Waals surface area contributed by atoms with E-state index in [-0.39, 0.29) is 0 Å². The summed E-state index contributed by atoms with van der Waals surface area (Å²) in [6, 6.07) is 60.3. The number of nitrogens with zero attached hydrogens (tertiary/aromatic N) is 5. The van der Waals surface area contributed by atoms with Crippen LogP contribution in [0.4, 0.5) is 0 Å². The van der Waals surface area contributed by atoms with E-state index < -0.39 is 0 Å². The van der Waals surface area contributed by atoms with E-state index in [9.17, 15) is 0 Å². The molecule has 0 fully saturated rings. The Hall–Kier alpha value is -7.11. The fraction of sp³-hybridized carbons (Fsp3) is 0. The van der Waals surface area contributed by atoms with Crippen molar-refractivity contribution in [1.29, 1.82) is 0 Å². The summed E-state index contributed by atoms with van der Waals surface area (Å²) in [5.74, 6) is 0.601. The first-order valence-corrected chi connectivity index (χ1v) is 17.5. The van der Waals surface area contributed by atoms with E-state index in [0.29, 0.717) is 11.6 Å². The van der Waals surface area contributed by atoms with Gasteiger partial charge in [-0.3, -0.25) is 4.57 Å². The molecule has 0 radical (unpaired) electrons. The van der Waals surface area contributed by atoms with Crippen molar-refractivity contribution in [3.05, 3.63) is 176 Å². The van der Waals surface area contributed by atoms with Crippen LogP contribution in [0.3, 0.4) is 0 Å². The Kier molecular flexibility index (Phi) is 6.18. The van der Waals surface area contributed by atoms with Gasteiger partial charge in [0.15, 0.2) is 5.65 Å². The summed E-state index contributed by atoms with van der Waals surface area (Å²) in [6.45, 7) is 0. The van der Waals surface area contributed by atoms with Crippen LogP contribution in [0.25, 0.3) is 99.4 Å². The van der Waals surface area contributed by atoms with Gasteiger partial charge in [-0.25, -0.2) is 9.97 Å². The molecular formula is C47H29N5. The Bertz CT molecular complexity index is 3180. The van der Waals surface area contributed by atoms with Gasteiger partial charge >= 0.3 is 0 Å². The normalized spacial score (nSPS) is 11.8. The SMILES string of the molecule is c1ccc(-c2nc(-n3c4ccccc4c4cc(-c5cc6c7ccccc7n(-c7ccccc7)c6c6ccccc56)ccc43)nc3ncccc23)cc1. The summed E-state index contributed by atoms with van der Waals surface area (Å²) in [4.78, 5) is 15.0. The molecule has 11 rings (SSSR count). The molecule has 52 heavy (non-hydrogen) atoms. The van der Waals surface area contributed by atoms with Gasteiger partial charge in [-0.2, -0.15) is 4.98 Å². The summed E-state index contributed by atoms with van der Waals surface area (Å²) < 4.78 is 4.60. The van der Waals surface area contributed by atoms with E-state index in [0.717, 1.165) is 49.7 Å². The first-order valence-electron chi connectivity index (χ1n) is 17.5. The van der Waals surface area contributed by atoms with Crippen LogP contribution in [0.2, 0.25) is 0 Å². The lowest BCUT2D eigenvalue weighted by Crippen LogP contribution is -2.04. The van der Waals surface area contributed by atoms with Crippen LogP contribution in [0.5, 0.6) is 0 Å². The molecule has 0 unspecified atom stereocenters. The lowest BCUT2D eigenvalue weighted by molar-refractivity contribution is 1.00. The Morgan fingerprint density at radius 2 is 1.00 bits per heavy atom. The number of rotatable bonds is 4. The third-order valence-corrected chi connectivity index (χ3v) is 10.4. The number of hydrogen-bond donors (Lipinski definition) is 0. The molecule has 7 aromatic carbocycles. The van der Waals surface area contributed by atoms with Gasteiger partial charge in [0, 0.05) is 49.8 Å². The van der Waals surface area contributed by atoms with E-state index in [4.69, 9.17) is 9.97 Å². The van der Waals surface area contributed by atoms with Gasteiger partial charge in [0.1, 0.15) is 0 Å². The maximum absolute atomic E-state index is 5.24. The molecule has 5 heteroatoms. The van der Waals surface area contributed by atoms with Crippen LogP contribution in [0.1, 0.15) is 0 Å². The maximum Gasteiger partial charge on any atom is 0.237 e. The van der Waals surface area contributed by atoms with Gasteiger partial charge in [-0.05, 0) is 71.1 Å². The number of benzene rings is 7. The maximum atomic E-state index is 5.24. The molecule has 0 saturated heterocycles. The molecule has 0 amide bonds. The van der Waals surface area contributed by atoms with E-state index in [1.807, 2.05) is 30.3 Å².